The van der Waals surface area contributed by atoms with Crippen molar-refractivity contribution in [3.63, 3.8) is 0 Å². The zero-order valence-corrected chi connectivity index (χ0v) is 14.8. The minimum Gasteiger partial charge on any atom is -0.493 e. The lowest BCUT2D eigenvalue weighted by Gasteiger charge is -2.23. The van der Waals surface area contributed by atoms with Crippen LogP contribution in [0.1, 0.15) is 62.4 Å². The molecule has 134 valence electrons. The van der Waals surface area contributed by atoms with Crippen LogP contribution in [0.5, 0.6) is 5.75 Å². The first kappa shape index (κ1) is 18.7. The van der Waals surface area contributed by atoms with Crippen LogP contribution in [0, 0.1) is 0 Å². The maximum atomic E-state index is 11.5. The molecule has 0 spiro atoms. The summed E-state index contributed by atoms with van der Waals surface area (Å²) >= 11 is 0. The van der Waals surface area contributed by atoms with Gasteiger partial charge >= 0.3 is 5.97 Å². The molecule has 1 saturated heterocycles. The van der Waals surface area contributed by atoms with Crippen LogP contribution in [-0.2, 0) is 14.9 Å². The molecule has 0 aliphatic carbocycles. The predicted octanol–water partition coefficient (Wildman–Crippen LogP) is 3.99. The summed E-state index contributed by atoms with van der Waals surface area (Å²) in [5.74, 6) is -0.350. The van der Waals surface area contributed by atoms with Gasteiger partial charge in [0.2, 0.25) is 0 Å². The molecule has 1 aromatic rings. The molecule has 0 amide bonds. The molecule has 1 heterocycles. The van der Waals surface area contributed by atoms with Crippen molar-refractivity contribution in [2.24, 2.45) is 0 Å². The van der Waals surface area contributed by atoms with Crippen LogP contribution >= 0.6 is 0 Å². The maximum Gasteiger partial charge on any atom is 0.336 e. The van der Waals surface area contributed by atoms with E-state index in [9.17, 15) is 9.90 Å². The highest BCUT2D eigenvalue weighted by Gasteiger charge is 2.22. The van der Waals surface area contributed by atoms with Gasteiger partial charge in [0.05, 0.1) is 18.8 Å². The predicted molar refractivity (Wildman–Crippen MR) is 91.8 cm³/mol. The SMILES string of the molecule is CC(C)(C)c1ccc(OCCCOC2CCCCO2)cc1C(=O)O. The Balaban J connectivity index is 1.82. The number of carboxylic acids is 1. The molecule has 1 atom stereocenters. The topological polar surface area (TPSA) is 65.0 Å². The van der Waals surface area contributed by atoms with Gasteiger partial charge in [0.15, 0.2) is 6.29 Å². The molecule has 2 rings (SSSR count). The minimum atomic E-state index is -0.928. The Bertz CT molecular complexity index is 541. The third-order valence-corrected chi connectivity index (χ3v) is 4.03. The molecule has 1 fully saturated rings. The highest BCUT2D eigenvalue weighted by molar-refractivity contribution is 5.90. The summed E-state index contributed by atoms with van der Waals surface area (Å²) in [7, 11) is 0. The van der Waals surface area contributed by atoms with E-state index < -0.39 is 5.97 Å². The van der Waals surface area contributed by atoms with Gasteiger partial charge in [0.25, 0.3) is 0 Å². The Labute approximate surface area is 143 Å². The molecule has 1 unspecified atom stereocenters. The lowest BCUT2D eigenvalue weighted by Crippen LogP contribution is -2.23. The van der Waals surface area contributed by atoms with Crippen molar-refractivity contribution < 1.29 is 24.1 Å². The molecule has 0 radical (unpaired) electrons. The smallest absolute Gasteiger partial charge is 0.336 e. The maximum absolute atomic E-state index is 11.5. The van der Waals surface area contributed by atoms with Gasteiger partial charge in [-0.15, -0.1) is 0 Å². The number of hydrogen-bond donors (Lipinski definition) is 1. The van der Waals surface area contributed by atoms with E-state index >= 15 is 0 Å². The molecule has 1 aromatic carbocycles. The van der Waals surface area contributed by atoms with Crippen molar-refractivity contribution in [1.82, 2.24) is 0 Å². The third-order valence-electron chi connectivity index (χ3n) is 4.03. The van der Waals surface area contributed by atoms with Crippen LogP contribution in [0.2, 0.25) is 0 Å². The first-order chi connectivity index (χ1) is 11.4. The summed E-state index contributed by atoms with van der Waals surface area (Å²) in [6, 6.07) is 5.28. The number of rotatable bonds is 7. The van der Waals surface area contributed by atoms with Gasteiger partial charge in [-0.1, -0.05) is 26.8 Å². The zero-order chi connectivity index (χ0) is 17.6. The van der Waals surface area contributed by atoms with Crippen molar-refractivity contribution >= 4 is 5.97 Å². The van der Waals surface area contributed by atoms with Gasteiger partial charge in [0, 0.05) is 13.0 Å². The second-order valence-corrected chi connectivity index (χ2v) is 7.13. The van der Waals surface area contributed by atoms with Crippen molar-refractivity contribution in [3.05, 3.63) is 29.3 Å². The molecule has 5 heteroatoms. The molecule has 0 saturated carbocycles. The third kappa shape index (κ3) is 5.49. The summed E-state index contributed by atoms with van der Waals surface area (Å²) < 4.78 is 16.8. The summed E-state index contributed by atoms with van der Waals surface area (Å²) in [6.07, 6.45) is 3.88. The van der Waals surface area contributed by atoms with E-state index in [0.717, 1.165) is 37.9 Å². The van der Waals surface area contributed by atoms with Gasteiger partial charge in [-0.25, -0.2) is 4.79 Å². The van der Waals surface area contributed by atoms with E-state index in [1.54, 1.807) is 6.07 Å². The van der Waals surface area contributed by atoms with Gasteiger partial charge in [-0.3, -0.25) is 0 Å². The highest BCUT2D eigenvalue weighted by atomic mass is 16.7. The Morgan fingerprint density at radius 3 is 2.71 bits per heavy atom. The summed E-state index contributed by atoms with van der Waals surface area (Å²) in [4.78, 5) is 11.5. The van der Waals surface area contributed by atoms with Crippen molar-refractivity contribution in [2.45, 2.75) is 58.2 Å². The van der Waals surface area contributed by atoms with E-state index in [1.807, 2.05) is 32.9 Å². The zero-order valence-electron chi connectivity index (χ0n) is 14.8. The molecule has 5 nitrogen and oxygen atoms in total. The normalized spacial score (nSPS) is 18.4. The molecule has 24 heavy (non-hydrogen) atoms. The standard InChI is InChI=1S/C19H28O5/c1-19(2,3)16-9-8-14(13-15(16)18(20)21)22-11-6-12-24-17-7-4-5-10-23-17/h8-9,13,17H,4-7,10-12H2,1-3H3,(H,20,21). The first-order valence-corrected chi connectivity index (χ1v) is 8.62. The van der Waals surface area contributed by atoms with E-state index in [0.29, 0.717) is 24.5 Å². The van der Waals surface area contributed by atoms with Crippen molar-refractivity contribution in [2.75, 3.05) is 19.8 Å². The van der Waals surface area contributed by atoms with Gasteiger partial charge in [-0.2, -0.15) is 0 Å². The Kier molecular flexibility index (Phi) is 6.63. The molecule has 0 aromatic heterocycles. The average molecular weight is 336 g/mol. The Hall–Kier alpha value is -1.59. The average Bonchev–Trinajstić information content (AvgIpc) is 2.54. The number of ether oxygens (including phenoxy) is 3. The lowest BCUT2D eigenvalue weighted by atomic mass is 9.83. The highest BCUT2D eigenvalue weighted by Crippen LogP contribution is 2.29. The van der Waals surface area contributed by atoms with Crippen LogP contribution < -0.4 is 4.74 Å². The van der Waals surface area contributed by atoms with Crippen LogP contribution in [0.15, 0.2) is 18.2 Å². The summed E-state index contributed by atoms with van der Waals surface area (Å²) in [5, 5.41) is 9.42. The summed E-state index contributed by atoms with van der Waals surface area (Å²) in [6.45, 7) is 7.84. The van der Waals surface area contributed by atoms with E-state index in [4.69, 9.17) is 14.2 Å². The molecule has 0 bridgehead atoms. The Morgan fingerprint density at radius 1 is 1.29 bits per heavy atom. The quantitative estimate of drug-likeness (QED) is 0.763. The second-order valence-electron chi connectivity index (χ2n) is 7.13. The van der Waals surface area contributed by atoms with Crippen LogP contribution in [0.3, 0.4) is 0 Å². The largest absolute Gasteiger partial charge is 0.493 e. The second kappa shape index (κ2) is 8.49. The lowest BCUT2D eigenvalue weighted by molar-refractivity contribution is -0.163. The van der Waals surface area contributed by atoms with Crippen LogP contribution in [-0.4, -0.2) is 37.2 Å². The molecular formula is C19H28O5. The van der Waals surface area contributed by atoms with Gasteiger partial charge in [-0.05, 0) is 42.4 Å². The van der Waals surface area contributed by atoms with Crippen LogP contribution in [0.25, 0.3) is 0 Å². The van der Waals surface area contributed by atoms with E-state index in [2.05, 4.69) is 0 Å². The number of hydrogen-bond acceptors (Lipinski definition) is 4. The molecule has 1 N–H and O–H groups in total. The fraction of sp³-hybridized carbons (Fsp3) is 0.632. The fourth-order valence-electron chi connectivity index (χ4n) is 2.75. The van der Waals surface area contributed by atoms with Gasteiger partial charge in [0.1, 0.15) is 5.75 Å². The van der Waals surface area contributed by atoms with Crippen LogP contribution in [0.4, 0.5) is 0 Å². The fourth-order valence-corrected chi connectivity index (χ4v) is 2.75. The number of benzene rings is 1. The number of carboxylic acid groups (broad SMARTS) is 1. The summed E-state index contributed by atoms with van der Waals surface area (Å²) in [5.41, 5.74) is 0.882. The first-order valence-electron chi connectivity index (χ1n) is 8.62. The Morgan fingerprint density at radius 2 is 2.08 bits per heavy atom. The molecule has 1 aliphatic heterocycles. The number of aromatic carboxylic acids is 1. The van der Waals surface area contributed by atoms with E-state index in [1.165, 1.54) is 0 Å². The number of carbonyl (C=O) groups is 1. The minimum absolute atomic E-state index is 0.0802. The van der Waals surface area contributed by atoms with E-state index in [-0.39, 0.29) is 11.7 Å². The molecular weight excluding hydrogens is 308 g/mol. The van der Waals surface area contributed by atoms with Gasteiger partial charge < -0.3 is 19.3 Å². The van der Waals surface area contributed by atoms with Crippen molar-refractivity contribution in [3.8, 4) is 5.75 Å². The van der Waals surface area contributed by atoms with Crippen molar-refractivity contribution in [1.29, 1.82) is 0 Å². The molecule has 1 aliphatic rings. The monoisotopic (exact) mass is 336 g/mol.